The van der Waals surface area contributed by atoms with Crippen molar-refractivity contribution in [2.45, 2.75) is 6.92 Å². The number of halogens is 1. The third-order valence-corrected chi connectivity index (χ3v) is 2.46. The van der Waals surface area contributed by atoms with E-state index >= 15 is 0 Å². The van der Waals surface area contributed by atoms with Crippen molar-refractivity contribution in [2.24, 2.45) is 5.73 Å². The van der Waals surface area contributed by atoms with Crippen molar-refractivity contribution in [3.05, 3.63) is 27.3 Å². The molecule has 0 radical (unpaired) electrons. The van der Waals surface area contributed by atoms with E-state index in [9.17, 15) is 9.59 Å². The van der Waals surface area contributed by atoms with Gasteiger partial charge in [0, 0.05) is 16.1 Å². The van der Waals surface area contributed by atoms with E-state index in [4.69, 9.17) is 5.73 Å². The Labute approximate surface area is 95.0 Å². The maximum Gasteiger partial charge on any atom is 0.248 e. The monoisotopic (exact) mass is 304 g/mol. The zero-order chi connectivity index (χ0) is 10.7. The van der Waals surface area contributed by atoms with E-state index < -0.39 is 5.91 Å². The van der Waals surface area contributed by atoms with E-state index in [1.807, 2.05) is 22.6 Å². The van der Waals surface area contributed by atoms with Gasteiger partial charge in [-0.15, -0.1) is 0 Å². The number of hydrogen-bond acceptors (Lipinski definition) is 2. The highest BCUT2D eigenvalue weighted by Crippen LogP contribution is 2.19. The molecule has 0 saturated heterocycles. The summed E-state index contributed by atoms with van der Waals surface area (Å²) in [7, 11) is 0. The number of anilines is 1. The number of nitrogens with two attached hydrogens (primary N) is 1. The molecule has 1 aromatic rings. The molecule has 0 atom stereocenters. The van der Waals surface area contributed by atoms with Crippen LogP contribution in [0.2, 0.25) is 0 Å². The molecule has 0 fully saturated rings. The first-order chi connectivity index (χ1) is 6.50. The molecule has 2 amide bonds. The average Bonchev–Trinajstić information content (AvgIpc) is 2.07. The Morgan fingerprint density at radius 2 is 2.07 bits per heavy atom. The predicted molar refractivity (Wildman–Crippen MR) is 62.0 cm³/mol. The van der Waals surface area contributed by atoms with Crippen molar-refractivity contribution in [2.75, 3.05) is 5.32 Å². The Balaban J connectivity index is 3.01. The summed E-state index contributed by atoms with van der Waals surface area (Å²) in [4.78, 5) is 21.6. The van der Waals surface area contributed by atoms with E-state index in [-0.39, 0.29) is 5.91 Å². The minimum absolute atomic E-state index is 0.144. The number of nitrogens with one attached hydrogen (secondary N) is 1. The van der Waals surface area contributed by atoms with Gasteiger partial charge in [0.05, 0.1) is 5.69 Å². The highest BCUT2D eigenvalue weighted by atomic mass is 127. The molecule has 0 bridgehead atoms. The van der Waals surface area contributed by atoms with Gasteiger partial charge in [0.2, 0.25) is 11.8 Å². The van der Waals surface area contributed by atoms with Crippen LogP contribution in [0.1, 0.15) is 17.3 Å². The summed E-state index contributed by atoms with van der Waals surface area (Å²) < 4.78 is 0.786. The van der Waals surface area contributed by atoms with Gasteiger partial charge in [0.1, 0.15) is 0 Å². The van der Waals surface area contributed by atoms with Crippen LogP contribution in [0.25, 0.3) is 0 Å². The number of hydrogen-bond donors (Lipinski definition) is 2. The summed E-state index contributed by atoms with van der Waals surface area (Å²) >= 11 is 2.03. The second kappa shape index (κ2) is 4.41. The molecule has 0 aliphatic carbocycles. The quantitative estimate of drug-likeness (QED) is 0.810. The molecule has 1 aromatic carbocycles. The maximum absolute atomic E-state index is 10.8. The van der Waals surface area contributed by atoms with Gasteiger partial charge in [-0.05, 0) is 40.8 Å². The lowest BCUT2D eigenvalue weighted by Gasteiger charge is -2.05. The summed E-state index contributed by atoms with van der Waals surface area (Å²) in [5, 5.41) is 2.64. The van der Waals surface area contributed by atoms with Crippen molar-refractivity contribution in [3.63, 3.8) is 0 Å². The van der Waals surface area contributed by atoms with Crippen molar-refractivity contribution in [3.8, 4) is 0 Å². The second-order valence-corrected chi connectivity index (χ2v) is 3.90. The Bertz CT molecular complexity index is 390. The molecule has 5 heteroatoms. The highest BCUT2D eigenvalue weighted by Gasteiger charge is 2.05. The van der Waals surface area contributed by atoms with Gasteiger partial charge < -0.3 is 11.1 Å². The van der Waals surface area contributed by atoms with Gasteiger partial charge in [-0.1, -0.05) is 0 Å². The van der Waals surface area contributed by atoms with Gasteiger partial charge in [-0.25, -0.2) is 0 Å². The first kappa shape index (κ1) is 11.0. The lowest BCUT2D eigenvalue weighted by molar-refractivity contribution is -0.114. The van der Waals surface area contributed by atoms with E-state index in [0.29, 0.717) is 11.3 Å². The molecule has 0 aliphatic rings. The normalized spacial score (nSPS) is 9.57. The molecule has 0 aromatic heterocycles. The third kappa shape index (κ3) is 2.69. The topological polar surface area (TPSA) is 72.2 Å². The van der Waals surface area contributed by atoms with Crippen LogP contribution in [0.3, 0.4) is 0 Å². The Morgan fingerprint density at radius 1 is 1.43 bits per heavy atom. The molecular formula is C9H9IN2O2. The fourth-order valence-corrected chi connectivity index (χ4v) is 1.61. The highest BCUT2D eigenvalue weighted by molar-refractivity contribution is 14.1. The first-order valence-electron chi connectivity index (χ1n) is 3.87. The molecular weight excluding hydrogens is 295 g/mol. The number of rotatable bonds is 2. The fourth-order valence-electron chi connectivity index (χ4n) is 0.959. The van der Waals surface area contributed by atoms with E-state index in [2.05, 4.69) is 5.32 Å². The molecule has 4 nitrogen and oxygen atoms in total. The summed E-state index contributed by atoms with van der Waals surface area (Å²) in [6, 6.07) is 4.87. The van der Waals surface area contributed by atoms with Crippen molar-refractivity contribution in [1.82, 2.24) is 0 Å². The van der Waals surface area contributed by atoms with Crippen molar-refractivity contribution < 1.29 is 9.59 Å². The molecule has 14 heavy (non-hydrogen) atoms. The molecule has 0 spiro atoms. The summed E-state index contributed by atoms with van der Waals surface area (Å²) in [6.45, 7) is 1.43. The number of primary amides is 1. The summed E-state index contributed by atoms with van der Waals surface area (Å²) in [5.41, 5.74) is 6.22. The van der Waals surface area contributed by atoms with Crippen LogP contribution in [0.15, 0.2) is 18.2 Å². The molecule has 3 N–H and O–H groups in total. The van der Waals surface area contributed by atoms with Crippen LogP contribution in [0, 0.1) is 3.57 Å². The molecule has 74 valence electrons. The largest absolute Gasteiger partial charge is 0.366 e. The summed E-state index contributed by atoms with van der Waals surface area (Å²) in [6.07, 6.45) is 0. The lowest BCUT2D eigenvalue weighted by atomic mass is 10.2. The Morgan fingerprint density at radius 3 is 2.50 bits per heavy atom. The van der Waals surface area contributed by atoms with Gasteiger partial charge in [0.25, 0.3) is 0 Å². The molecule has 1 rings (SSSR count). The van der Waals surface area contributed by atoms with E-state index in [0.717, 1.165) is 3.57 Å². The van der Waals surface area contributed by atoms with Crippen molar-refractivity contribution in [1.29, 1.82) is 0 Å². The zero-order valence-corrected chi connectivity index (χ0v) is 9.66. The summed E-state index contributed by atoms with van der Waals surface area (Å²) in [5.74, 6) is -0.618. The van der Waals surface area contributed by atoms with Gasteiger partial charge in [-0.2, -0.15) is 0 Å². The first-order valence-corrected chi connectivity index (χ1v) is 4.95. The minimum Gasteiger partial charge on any atom is -0.366 e. The number of carbonyl (C=O) groups is 2. The standard InChI is InChI=1S/C9H9IN2O2/c1-5(13)12-8-3-2-6(9(11)14)4-7(8)10/h2-4H,1H3,(H2,11,14)(H,12,13). The number of amides is 2. The van der Waals surface area contributed by atoms with Gasteiger partial charge in [-0.3, -0.25) is 9.59 Å². The van der Waals surface area contributed by atoms with Crippen LogP contribution in [0.5, 0.6) is 0 Å². The third-order valence-electron chi connectivity index (χ3n) is 1.56. The van der Waals surface area contributed by atoms with Crippen LogP contribution in [-0.2, 0) is 4.79 Å². The van der Waals surface area contributed by atoms with Crippen LogP contribution in [-0.4, -0.2) is 11.8 Å². The lowest BCUT2D eigenvalue weighted by Crippen LogP contribution is -2.12. The molecule has 0 heterocycles. The van der Waals surface area contributed by atoms with E-state index in [1.54, 1.807) is 18.2 Å². The van der Waals surface area contributed by atoms with Crippen LogP contribution in [0.4, 0.5) is 5.69 Å². The SMILES string of the molecule is CC(=O)Nc1ccc(C(N)=O)cc1I. The van der Waals surface area contributed by atoms with Crippen LogP contribution >= 0.6 is 22.6 Å². The fraction of sp³-hybridized carbons (Fsp3) is 0.111. The smallest absolute Gasteiger partial charge is 0.248 e. The number of benzene rings is 1. The molecule has 0 unspecified atom stereocenters. The maximum atomic E-state index is 10.8. The Kier molecular flexibility index (Phi) is 3.45. The number of carbonyl (C=O) groups excluding carboxylic acids is 2. The second-order valence-electron chi connectivity index (χ2n) is 2.74. The van der Waals surface area contributed by atoms with Crippen molar-refractivity contribution >= 4 is 40.1 Å². The van der Waals surface area contributed by atoms with E-state index in [1.165, 1.54) is 6.92 Å². The predicted octanol–water partition coefficient (Wildman–Crippen LogP) is 1.35. The minimum atomic E-state index is -0.475. The van der Waals surface area contributed by atoms with Gasteiger partial charge in [0.15, 0.2) is 0 Å². The average molecular weight is 304 g/mol. The molecule has 0 saturated carbocycles. The zero-order valence-electron chi connectivity index (χ0n) is 7.50. The van der Waals surface area contributed by atoms with Crippen LogP contribution < -0.4 is 11.1 Å². The molecule has 0 aliphatic heterocycles. The van der Waals surface area contributed by atoms with Gasteiger partial charge >= 0.3 is 0 Å². The Hall–Kier alpha value is -1.11.